The van der Waals surface area contributed by atoms with E-state index in [1.54, 1.807) is 23.7 Å². The van der Waals surface area contributed by atoms with Gasteiger partial charge >= 0.3 is 0 Å². The van der Waals surface area contributed by atoms with Crippen LogP contribution in [0.25, 0.3) is 21.6 Å². The molecule has 6 nitrogen and oxygen atoms in total. The second-order valence-corrected chi connectivity index (χ2v) is 10.4. The van der Waals surface area contributed by atoms with Gasteiger partial charge in [0, 0.05) is 28.4 Å². The highest BCUT2D eigenvalue weighted by molar-refractivity contribution is 7.19. The van der Waals surface area contributed by atoms with Crippen molar-refractivity contribution >= 4 is 33.3 Å². The minimum atomic E-state index is -0.415. The molecule has 0 unspecified atom stereocenters. The van der Waals surface area contributed by atoms with Gasteiger partial charge in [-0.1, -0.05) is 6.92 Å². The molecular formula is C23H29N5OS. The first-order valence-electron chi connectivity index (χ1n) is 10.5. The zero-order valence-electron chi connectivity index (χ0n) is 18.2. The highest BCUT2D eigenvalue weighted by atomic mass is 32.1. The molecule has 0 aromatic carbocycles. The zero-order chi connectivity index (χ0) is 21.5. The number of hydrogen-bond donors (Lipinski definition) is 2. The van der Waals surface area contributed by atoms with Crippen LogP contribution in [0.5, 0.6) is 0 Å². The van der Waals surface area contributed by atoms with Crippen molar-refractivity contribution in [2.24, 2.45) is 5.92 Å². The molecule has 3 aromatic heterocycles. The number of fused-ring (bicyclic) bond motifs is 3. The van der Waals surface area contributed by atoms with Crippen LogP contribution >= 0.6 is 11.3 Å². The van der Waals surface area contributed by atoms with Crippen LogP contribution < -0.4 is 10.6 Å². The number of hydrogen-bond acceptors (Lipinski definition) is 6. The quantitative estimate of drug-likeness (QED) is 0.641. The van der Waals surface area contributed by atoms with Gasteiger partial charge in [-0.2, -0.15) is 0 Å². The van der Waals surface area contributed by atoms with E-state index in [2.05, 4.69) is 22.5 Å². The van der Waals surface area contributed by atoms with Crippen molar-refractivity contribution in [3.05, 3.63) is 35.0 Å². The Balaban J connectivity index is 1.78. The van der Waals surface area contributed by atoms with Crippen molar-refractivity contribution in [3.63, 3.8) is 0 Å². The second kappa shape index (κ2) is 7.95. The molecule has 30 heavy (non-hydrogen) atoms. The Bertz CT molecular complexity index is 1070. The van der Waals surface area contributed by atoms with E-state index in [0.717, 1.165) is 34.4 Å². The maximum Gasteiger partial charge on any atom is 0.242 e. The van der Waals surface area contributed by atoms with E-state index in [0.29, 0.717) is 11.7 Å². The molecular weight excluding hydrogens is 394 g/mol. The Labute approximate surface area is 181 Å². The number of aromatic nitrogens is 3. The highest BCUT2D eigenvalue weighted by Gasteiger charge is 2.26. The van der Waals surface area contributed by atoms with Crippen molar-refractivity contribution in [2.45, 2.75) is 65.5 Å². The van der Waals surface area contributed by atoms with Crippen molar-refractivity contribution in [3.8, 4) is 11.4 Å². The Morgan fingerprint density at radius 2 is 2.10 bits per heavy atom. The Hall–Kier alpha value is -2.54. The fourth-order valence-corrected chi connectivity index (χ4v) is 5.20. The molecule has 0 fully saturated rings. The molecule has 1 amide bonds. The summed E-state index contributed by atoms with van der Waals surface area (Å²) in [5.41, 5.74) is 1.93. The fourth-order valence-electron chi connectivity index (χ4n) is 3.82. The molecule has 0 aliphatic heterocycles. The zero-order valence-corrected chi connectivity index (χ0v) is 19.1. The summed E-state index contributed by atoms with van der Waals surface area (Å²) in [4.78, 5) is 29.0. The molecule has 0 spiro atoms. The van der Waals surface area contributed by atoms with Gasteiger partial charge in [-0.05, 0) is 70.6 Å². The molecule has 1 aliphatic rings. The fraction of sp³-hybridized carbons (Fsp3) is 0.478. The average Bonchev–Trinajstić information content (AvgIpc) is 3.04. The van der Waals surface area contributed by atoms with Crippen LogP contribution in [-0.4, -0.2) is 32.4 Å². The lowest BCUT2D eigenvalue weighted by molar-refractivity contribution is -0.122. The molecule has 4 rings (SSSR count). The number of nitrogens with one attached hydrogen (secondary N) is 2. The SMILES string of the molecule is C[C@H]1CCc2c(sc3nc(-c4cccnc4)nc(N[C@H](C)C(=O)NC(C)(C)C)c23)C1. The van der Waals surface area contributed by atoms with Crippen molar-refractivity contribution in [1.82, 2.24) is 20.3 Å². The van der Waals surface area contributed by atoms with Gasteiger partial charge in [-0.3, -0.25) is 9.78 Å². The Morgan fingerprint density at radius 1 is 1.30 bits per heavy atom. The van der Waals surface area contributed by atoms with Gasteiger partial charge in [-0.25, -0.2) is 9.97 Å². The number of anilines is 1. The molecule has 0 saturated heterocycles. The van der Waals surface area contributed by atoms with Crippen LogP contribution in [0.2, 0.25) is 0 Å². The van der Waals surface area contributed by atoms with Crippen molar-refractivity contribution < 1.29 is 4.79 Å². The lowest BCUT2D eigenvalue weighted by atomic mass is 9.89. The first-order valence-corrected chi connectivity index (χ1v) is 11.3. The normalized spacial score (nSPS) is 17.4. The third kappa shape index (κ3) is 4.31. The Kier molecular flexibility index (Phi) is 5.49. The summed E-state index contributed by atoms with van der Waals surface area (Å²) in [6.45, 7) is 10.1. The molecule has 2 atom stereocenters. The van der Waals surface area contributed by atoms with Crippen LogP contribution in [0.1, 0.15) is 51.5 Å². The van der Waals surface area contributed by atoms with E-state index in [-0.39, 0.29) is 11.4 Å². The van der Waals surface area contributed by atoms with Gasteiger partial charge in [0.15, 0.2) is 5.82 Å². The lowest BCUT2D eigenvalue weighted by Gasteiger charge is -2.24. The number of aryl methyl sites for hydroxylation is 1. The number of amides is 1. The third-order valence-electron chi connectivity index (χ3n) is 5.32. The van der Waals surface area contributed by atoms with E-state index < -0.39 is 6.04 Å². The molecule has 0 saturated carbocycles. The molecule has 7 heteroatoms. The molecule has 0 radical (unpaired) electrons. The summed E-state index contributed by atoms with van der Waals surface area (Å²) >= 11 is 1.76. The lowest BCUT2D eigenvalue weighted by Crippen LogP contribution is -2.47. The number of rotatable bonds is 4. The molecule has 158 valence electrons. The van der Waals surface area contributed by atoms with Gasteiger partial charge in [0.05, 0.1) is 5.39 Å². The second-order valence-electron chi connectivity index (χ2n) is 9.27. The largest absolute Gasteiger partial charge is 0.358 e. The van der Waals surface area contributed by atoms with Crippen LogP contribution in [0, 0.1) is 5.92 Å². The van der Waals surface area contributed by atoms with Crippen LogP contribution in [0.3, 0.4) is 0 Å². The number of thiophene rings is 1. The van der Waals surface area contributed by atoms with E-state index in [9.17, 15) is 4.79 Å². The summed E-state index contributed by atoms with van der Waals surface area (Å²) in [5, 5.41) is 7.51. The average molecular weight is 424 g/mol. The Morgan fingerprint density at radius 3 is 2.80 bits per heavy atom. The number of nitrogens with zero attached hydrogens (tertiary/aromatic N) is 3. The first kappa shape index (κ1) is 20.7. The van der Waals surface area contributed by atoms with Crippen molar-refractivity contribution in [2.75, 3.05) is 5.32 Å². The van der Waals surface area contributed by atoms with Gasteiger partial charge in [0.2, 0.25) is 5.91 Å². The number of carbonyl (C=O) groups excluding carboxylic acids is 1. The van der Waals surface area contributed by atoms with Crippen molar-refractivity contribution in [1.29, 1.82) is 0 Å². The predicted octanol–water partition coefficient (Wildman–Crippen LogP) is 4.59. The minimum Gasteiger partial charge on any atom is -0.358 e. The third-order valence-corrected chi connectivity index (χ3v) is 6.47. The molecule has 0 bridgehead atoms. The van der Waals surface area contributed by atoms with Gasteiger partial charge in [0.25, 0.3) is 0 Å². The van der Waals surface area contributed by atoms with Gasteiger partial charge in [-0.15, -0.1) is 11.3 Å². The summed E-state index contributed by atoms with van der Waals surface area (Å²) < 4.78 is 0. The number of carbonyl (C=O) groups is 1. The summed E-state index contributed by atoms with van der Waals surface area (Å²) in [6, 6.07) is 3.43. The molecule has 3 heterocycles. The maximum absolute atomic E-state index is 12.7. The van der Waals surface area contributed by atoms with Gasteiger partial charge in [0.1, 0.15) is 16.7 Å². The van der Waals surface area contributed by atoms with E-state index in [1.807, 2.05) is 39.8 Å². The monoisotopic (exact) mass is 423 g/mol. The van der Waals surface area contributed by atoms with Gasteiger partial charge < -0.3 is 10.6 Å². The van der Waals surface area contributed by atoms with Crippen LogP contribution in [-0.2, 0) is 17.6 Å². The summed E-state index contributed by atoms with van der Waals surface area (Å²) in [7, 11) is 0. The summed E-state index contributed by atoms with van der Waals surface area (Å²) in [6.07, 6.45) is 6.80. The topological polar surface area (TPSA) is 79.8 Å². The molecule has 2 N–H and O–H groups in total. The van der Waals surface area contributed by atoms with Crippen LogP contribution in [0.15, 0.2) is 24.5 Å². The van der Waals surface area contributed by atoms with Crippen LogP contribution in [0.4, 0.5) is 5.82 Å². The molecule has 3 aromatic rings. The smallest absolute Gasteiger partial charge is 0.242 e. The van der Waals surface area contributed by atoms with E-state index in [4.69, 9.17) is 9.97 Å². The summed E-state index contributed by atoms with van der Waals surface area (Å²) in [5.74, 6) is 2.01. The highest BCUT2D eigenvalue weighted by Crippen LogP contribution is 2.41. The van der Waals surface area contributed by atoms with E-state index >= 15 is 0 Å². The minimum absolute atomic E-state index is 0.0464. The standard InChI is InChI=1S/C23H29N5OS/c1-13-8-9-16-17(11-13)30-22-18(16)20(25-14(2)21(29)28-23(3,4)5)26-19(27-22)15-7-6-10-24-12-15/h6-7,10,12-14H,8-9,11H2,1-5H3,(H,28,29)(H,25,26,27)/t13-,14+/m0/s1. The number of pyridine rings is 1. The first-order chi connectivity index (χ1) is 14.2. The molecule has 1 aliphatic carbocycles. The maximum atomic E-state index is 12.7. The van der Waals surface area contributed by atoms with E-state index in [1.165, 1.54) is 16.9 Å². The predicted molar refractivity (Wildman–Crippen MR) is 123 cm³/mol.